The van der Waals surface area contributed by atoms with Crippen LogP contribution >= 0.6 is 0 Å². The summed E-state index contributed by atoms with van der Waals surface area (Å²) in [4.78, 5) is 6.86. The Morgan fingerprint density at radius 2 is 1.76 bits per heavy atom. The Morgan fingerprint density at radius 1 is 1.00 bits per heavy atom. The van der Waals surface area contributed by atoms with E-state index < -0.39 is 0 Å². The third-order valence-corrected chi connectivity index (χ3v) is 5.38. The highest BCUT2D eigenvalue weighted by molar-refractivity contribution is 5.79. The molecule has 0 amide bonds. The predicted octanol–water partition coefficient (Wildman–Crippen LogP) is 3.59. The summed E-state index contributed by atoms with van der Waals surface area (Å²) < 4.78 is 5.28. The lowest BCUT2D eigenvalue weighted by Gasteiger charge is -2.15. The largest absolute Gasteiger partial charge is 0.497 e. The first-order valence-electron chi connectivity index (χ1n) is 10.6. The van der Waals surface area contributed by atoms with E-state index in [1.807, 2.05) is 19.2 Å². The number of benzene rings is 2. The van der Waals surface area contributed by atoms with Gasteiger partial charge in [-0.1, -0.05) is 36.4 Å². The molecule has 5 nitrogen and oxygen atoms in total. The number of hydrogen-bond acceptors (Lipinski definition) is 3. The van der Waals surface area contributed by atoms with Crippen molar-refractivity contribution < 1.29 is 4.74 Å². The summed E-state index contributed by atoms with van der Waals surface area (Å²) in [5.41, 5.74) is 3.97. The number of nitrogens with zero attached hydrogens (tertiary/aromatic N) is 2. The van der Waals surface area contributed by atoms with Gasteiger partial charge in [0.25, 0.3) is 0 Å². The van der Waals surface area contributed by atoms with Crippen LogP contribution in [0.2, 0.25) is 0 Å². The molecule has 0 bridgehead atoms. The molecule has 156 valence electrons. The molecule has 2 aromatic carbocycles. The molecule has 29 heavy (non-hydrogen) atoms. The molecule has 0 aliphatic carbocycles. The van der Waals surface area contributed by atoms with E-state index in [9.17, 15) is 0 Å². The standard InChI is InChI=1S/C24H34N4O/c1-25-24(26-14-6-8-20-7-5-9-23(17-20)29-2)27-18-21-10-12-22(13-11-21)19-28-15-3-4-16-28/h5,7,9-13,17H,3-4,6,8,14-16,18-19H2,1-2H3,(H2,25,26,27). The fraction of sp³-hybridized carbons (Fsp3) is 0.458. The highest BCUT2D eigenvalue weighted by Gasteiger charge is 2.11. The van der Waals surface area contributed by atoms with E-state index in [1.165, 1.54) is 42.6 Å². The summed E-state index contributed by atoms with van der Waals surface area (Å²) in [5.74, 6) is 1.76. The van der Waals surface area contributed by atoms with E-state index in [0.717, 1.165) is 44.2 Å². The highest BCUT2D eigenvalue weighted by atomic mass is 16.5. The van der Waals surface area contributed by atoms with Gasteiger partial charge in [0.1, 0.15) is 5.75 Å². The molecule has 3 rings (SSSR count). The molecule has 1 heterocycles. The van der Waals surface area contributed by atoms with Crippen molar-refractivity contribution in [1.29, 1.82) is 0 Å². The van der Waals surface area contributed by atoms with Crippen LogP contribution in [0.3, 0.4) is 0 Å². The molecule has 1 aliphatic rings. The molecule has 0 saturated carbocycles. The molecular formula is C24H34N4O. The minimum Gasteiger partial charge on any atom is -0.497 e. The number of likely N-dealkylation sites (tertiary alicyclic amines) is 1. The summed E-state index contributed by atoms with van der Waals surface area (Å²) in [6.07, 6.45) is 4.74. The van der Waals surface area contributed by atoms with Crippen molar-refractivity contribution in [3.63, 3.8) is 0 Å². The van der Waals surface area contributed by atoms with Crippen molar-refractivity contribution in [3.8, 4) is 5.75 Å². The van der Waals surface area contributed by atoms with Gasteiger partial charge in [-0.2, -0.15) is 0 Å². The molecule has 0 aromatic heterocycles. The molecule has 2 N–H and O–H groups in total. The van der Waals surface area contributed by atoms with E-state index in [0.29, 0.717) is 0 Å². The van der Waals surface area contributed by atoms with Gasteiger partial charge in [-0.15, -0.1) is 0 Å². The quantitative estimate of drug-likeness (QED) is 0.388. The van der Waals surface area contributed by atoms with Gasteiger partial charge < -0.3 is 15.4 Å². The molecule has 2 aromatic rings. The summed E-state index contributed by atoms with van der Waals surface area (Å²) in [6.45, 7) is 5.21. The third-order valence-electron chi connectivity index (χ3n) is 5.38. The molecule has 5 heteroatoms. The van der Waals surface area contributed by atoms with Crippen LogP contribution < -0.4 is 15.4 Å². The molecule has 0 radical (unpaired) electrons. The van der Waals surface area contributed by atoms with E-state index in [2.05, 4.69) is 56.9 Å². The summed E-state index contributed by atoms with van der Waals surface area (Å²) in [5, 5.41) is 6.80. The predicted molar refractivity (Wildman–Crippen MR) is 120 cm³/mol. The van der Waals surface area contributed by atoms with Crippen LogP contribution in [0.4, 0.5) is 0 Å². The first-order valence-corrected chi connectivity index (χ1v) is 10.6. The molecule has 0 atom stereocenters. The van der Waals surface area contributed by atoms with Crippen LogP contribution in [0.1, 0.15) is 36.0 Å². The lowest BCUT2D eigenvalue weighted by molar-refractivity contribution is 0.331. The topological polar surface area (TPSA) is 48.9 Å². The lowest BCUT2D eigenvalue weighted by atomic mass is 10.1. The first-order chi connectivity index (χ1) is 14.3. The van der Waals surface area contributed by atoms with Gasteiger partial charge in [-0.3, -0.25) is 9.89 Å². The van der Waals surface area contributed by atoms with Crippen molar-refractivity contribution >= 4 is 5.96 Å². The van der Waals surface area contributed by atoms with Crippen LogP contribution in [0.15, 0.2) is 53.5 Å². The van der Waals surface area contributed by atoms with Crippen LogP contribution in [-0.2, 0) is 19.5 Å². The summed E-state index contributed by atoms with van der Waals surface area (Å²) in [7, 11) is 3.52. The number of aliphatic imine (C=N–C) groups is 1. The Hall–Kier alpha value is -2.53. The average molecular weight is 395 g/mol. The maximum Gasteiger partial charge on any atom is 0.191 e. The monoisotopic (exact) mass is 394 g/mol. The zero-order chi connectivity index (χ0) is 20.3. The van der Waals surface area contributed by atoms with Gasteiger partial charge in [0.05, 0.1) is 7.11 Å². The van der Waals surface area contributed by atoms with E-state index in [4.69, 9.17) is 4.74 Å². The molecule has 1 aliphatic heterocycles. The summed E-state index contributed by atoms with van der Waals surface area (Å²) in [6, 6.07) is 17.2. The zero-order valence-corrected chi connectivity index (χ0v) is 17.8. The highest BCUT2D eigenvalue weighted by Crippen LogP contribution is 2.14. The van der Waals surface area contributed by atoms with Gasteiger partial charge >= 0.3 is 0 Å². The smallest absolute Gasteiger partial charge is 0.191 e. The Bertz CT molecular complexity index is 767. The Morgan fingerprint density at radius 3 is 2.48 bits per heavy atom. The van der Waals surface area contributed by atoms with Gasteiger partial charge in [0, 0.05) is 26.7 Å². The number of rotatable bonds is 9. The molecule has 1 saturated heterocycles. The van der Waals surface area contributed by atoms with Crippen LogP contribution in [0.25, 0.3) is 0 Å². The molecule has 0 spiro atoms. The number of aryl methyl sites for hydroxylation is 1. The second-order valence-electron chi connectivity index (χ2n) is 7.61. The van der Waals surface area contributed by atoms with Crippen molar-refractivity contribution in [2.45, 2.75) is 38.8 Å². The van der Waals surface area contributed by atoms with Crippen molar-refractivity contribution in [3.05, 3.63) is 65.2 Å². The number of nitrogens with one attached hydrogen (secondary N) is 2. The van der Waals surface area contributed by atoms with Crippen LogP contribution in [0, 0.1) is 0 Å². The minimum absolute atomic E-state index is 0.777. The minimum atomic E-state index is 0.777. The number of ether oxygens (including phenoxy) is 1. The Kier molecular flexibility index (Phi) is 8.38. The third kappa shape index (κ3) is 7.09. The molecular weight excluding hydrogens is 360 g/mol. The van der Waals surface area contributed by atoms with Crippen molar-refractivity contribution in [2.24, 2.45) is 4.99 Å². The Labute approximate surface area is 175 Å². The Balaban J connectivity index is 1.36. The van der Waals surface area contributed by atoms with Gasteiger partial charge in [-0.25, -0.2) is 0 Å². The van der Waals surface area contributed by atoms with Crippen molar-refractivity contribution in [2.75, 3.05) is 33.8 Å². The van der Waals surface area contributed by atoms with Gasteiger partial charge in [-0.05, 0) is 67.6 Å². The van der Waals surface area contributed by atoms with E-state index in [1.54, 1.807) is 7.11 Å². The maximum atomic E-state index is 5.28. The average Bonchev–Trinajstić information content (AvgIpc) is 3.27. The summed E-state index contributed by atoms with van der Waals surface area (Å²) >= 11 is 0. The van der Waals surface area contributed by atoms with Crippen molar-refractivity contribution in [1.82, 2.24) is 15.5 Å². The van der Waals surface area contributed by atoms with Gasteiger partial charge in [0.15, 0.2) is 5.96 Å². The van der Waals surface area contributed by atoms with Crippen LogP contribution in [-0.4, -0.2) is 44.7 Å². The van der Waals surface area contributed by atoms with E-state index in [-0.39, 0.29) is 0 Å². The fourth-order valence-corrected chi connectivity index (χ4v) is 3.70. The number of guanidine groups is 1. The van der Waals surface area contributed by atoms with Gasteiger partial charge in [0.2, 0.25) is 0 Å². The lowest BCUT2D eigenvalue weighted by Crippen LogP contribution is -2.37. The molecule has 0 unspecified atom stereocenters. The number of methoxy groups -OCH3 is 1. The van der Waals surface area contributed by atoms with Crippen LogP contribution in [0.5, 0.6) is 5.75 Å². The SMILES string of the molecule is CN=C(NCCCc1cccc(OC)c1)NCc1ccc(CN2CCCC2)cc1. The second kappa shape index (κ2) is 11.5. The maximum absolute atomic E-state index is 5.28. The number of hydrogen-bond donors (Lipinski definition) is 2. The molecule has 1 fully saturated rings. The zero-order valence-electron chi connectivity index (χ0n) is 17.8. The first kappa shape index (κ1) is 21.2. The fourth-order valence-electron chi connectivity index (χ4n) is 3.70. The van der Waals surface area contributed by atoms with E-state index >= 15 is 0 Å². The second-order valence-corrected chi connectivity index (χ2v) is 7.61. The normalized spacial score (nSPS) is 14.8.